The molecular weight excluding hydrogens is 250 g/mol. The van der Waals surface area contributed by atoms with Crippen LogP contribution < -0.4 is 10.0 Å². The van der Waals surface area contributed by atoms with Crippen LogP contribution in [-0.4, -0.2) is 58.3 Å². The quantitative estimate of drug-likeness (QED) is 0.693. The van der Waals surface area contributed by atoms with Crippen LogP contribution in [-0.2, 0) is 10.0 Å². The van der Waals surface area contributed by atoms with Crippen LogP contribution in [0.4, 0.5) is 0 Å². The molecule has 1 heterocycles. The lowest BCUT2D eigenvalue weighted by Gasteiger charge is -2.27. The minimum Gasteiger partial charge on any atom is -0.314 e. The molecule has 2 N–H and O–H groups in total. The van der Waals surface area contributed by atoms with Gasteiger partial charge in [0.2, 0.25) is 10.0 Å². The van der Waals surface area contributed by atoms with Gasteiger partial charge in [-0.05, 0) is 11.8 Å². The van der Waals surface area contributed by atoms with E-state index in [1.807, 2.05) is 0 Å². The first kappa shape index (κ1) is 15.9. The molecule has 1 saturated heterocycles. The normalized spacial score (nSPS) is 20.2. The average molecular weight is 277 g/mol. The zero-order chi connectivity index (χ0) is 13.6. The van der Waals surface area contributed by atoms with Crippen molar-refractivity contribution in [2.24, 2.45) is 11.8 Å². The fraction of sp³-hybridized carbons (Fsp3) is 1.00. The van der Waals surface area contributed by atoms with Gasteiger partial charge in [-0.2, -0.15) is 0 Å². The molecule has 1 unspecified atom stereocenters. The van der Waals surface area contributed by atoms with E-state index in [0.29, 0.717) is 24.9 Å². The maximum absolute atomic E-state index is 11.8. The van der Waals surface area contributed by atoms with E-state index in [1.54, 1.807) is 0 Å². The van der Waals surface area contributed by atoms with Gasteiger partial charge in [0.25, 0.3) is 0 Å². The molecule has 1 fully saturated rings. The lowest BCUT2D eigenvalue weighted by Crippen LogP contribution is -2.46. The highest BCUT2D eigenvalue weighted by atomic mass is 32.2. The maximum atomic E-state index is 11.8. The molecule has 1 rings (SSSR count). The second-order valence-electron chi connectivity index (χ2n) is 5.48. The summed E-state index contributed by atoms with van der Waals surface area (Å²) in [5.74, 6) is 1.08. The number of nitrogens with zero attached hydrogens (tertiary/aromatic N) is 1. The van der Waals surface area contributed by atoms with Crippen LogP contribution in [0.2, 0.25) is 0 Å². The summed E-state index contributed by atoms with van der Waals surface area (Å²) < 4.78 is 26.4. The van der Waals surface area contributed by atoms with Crippen molar-refractivity contribution in [1.82, 2.24) is 14.9 Å². The third kappa shape index (κ3) is 6.13. The van der Waals surface area contributed by atoms with Gasteiger partial charge in [-0.1, -0.05) is 20.8 Å². The fourth-order valence-corrected chi connectivity index (χ4v) is 2.91. The zero-order valence-electron chi connectivity index (χ0n) is 11.8. The fourth-order valence-electron chi connectivity index (χ4n) is 1.75. The summed E-state index contributed by atoms with van der Waals surface area (Å²) in [6.45, 7) is 11.3. The van der Waals surface area contributed by atoms with Gasteiger partial charge in [-0.25, -0.2) is 13.1 Å². The minimum absolute atomic E-state index is 0.206. The topological polar surface area (TPSA) is 61.4 Å². The molecule has 0 aromatic carbocycles. The van der Waals surface area contributed by atoms with E-state index >= 15 is 0 Å². The third-order valence-corrected chi connectivity index (χ3v) is 4.98. The van der Waals surface area contributed by atoms with Gasteiger partial charge in [0.1, 0.15) is 0 Å². The van der Waals surface area contributed by atoms with Gasteiger partial charge >= 0.3 is 0 Å². The van der Waals surface area contributed by atoms with Crippen molar-refractivity contribution < 1.29 is 8.42 Å². The number of hydrogen-bond acceptors (Lipinski definition) is 4. The van der Waals surface area contributed by atoms with Crippen molar-refractivity contribution in [2.45, 2.75) is 20.8 Å². The van der Waals surface area contributed by atoms with Gasteiger partial charge < -0.3 is 5.32 Å². The number of sulfonamides is 1. The van der Waals surface area contributed by atoms with Gasteiger partial charge in [0, 0.05) is 39.3 Å². The van der Waals surface area contributed by atoms with Gasteiger partial charge in [0.05, 0.1) is 5.75 Å². The van der Waals surface area contributed by atoms with E-state index in [1.165, 1.54) is 0 Å². The Morgan fingerprint density at radius 3 is 2.39 bits per heavy atom. The molecule has 0 aliphatic carbocycles. The largest absolute Gasteiger partial charge is 0.314 e. The number of piperazine rings is 1. The van der Waals surface area contributed by atoms with Crippen LogP contribution in [0, 0.1) is 11.8 Å². The van der Waals surface area contributed by atoms with Crippen molar-refractivity contribution in [2.75, 3.05) is 45.0 Å². The molecule has 0 aromatic rings. The lowest BCUT2D eigenvalue weighted by molar-refractivity contribution is 0.253. The molecular formula is C12H27N3O2S. The second kappa shape index (κ2) is 7.43. The Balaban J connectivity index is 2.26. The van der Waals surface area contributed by atoms with Gasteiger partial charge in [-0.15, -0.1) is 0 Å². The summed E-state index contributed by atoms with van der Waals surface area (Å²) in [5, 5.41) is 3.26. The van der Waals surface area contributed by atoms with Crippen molar-refractivity contribution in [3.05, 3.63) is 0 Å². The second-order valence-corrected chi connectivity index (χ2v) is 7.41. The van der Waals surface area contributed by atoms with Crippen molar-refractivity contribution >= 4 is 10.0 Å². The summed E-state index contributed by atoms with van der Waals surface area (Å²) in [4.78, 5) is 2.20. The summed E-state index contributed by atoms with van der Waals surface area (Å²) in [6.07, 6.45) is 0. The monoisotopic (exact) mass is 277 g/mol. The lowest BCUT2D eigenvalue weighted by atomic mass is 9.99. The van der Waals surface area contributed by atoms with Crippen LogP contribution in [0.5, 0.6) is 0 Å². The Morgan fingerprint density at radius 2 is 1.83 bits per heavy atom. The first-order valence-electron chi connectivity index (χ1n) is 6.81. The standard InChI is InChI=1S/C12H27N3O2S/c1-11(2)12(3)10-14-18(16,17)9-8-15-6-4-13-5-7-15/h11-14H,4-10H2,1-3H3. The Labute approximate surface area is 111 Å². The molecule has 0 radical (unpaired) electrons. The molecule has 0 spiro atoms. The highest BCUT2D eigenvalue weighted by Gasteiger charge is 2.16. The van der Waals surface area contributed by atoms with Gasteiger partial charge in [-0.3, -0.25) is 4.90 Å². The summed E-state index contributed by atoms with van der Waals surface area (Å²) >= 11 is 0. The van der Waals surface area contributed by atoms with Crippen LogP contribution in [0.3, 0.4) is 0 Å². The molecule has 0 amide bonds. The predicted molar refractivity (Wildman–Crippen MR) is 75.1 cm³/mol. The van der Waals surface area contributed by atoms with Crippen molar-refractivity contribution in [3.63, 3.8) is 0 Å². The van der Waals surface area contributed by atoms with E-state index in [4.69, 9.17) is 0 Å². The van der Waals surface area contributed by atoms with Crippen LogP contribution in [0.25, 0.3) is 0 Å². The Morgan fingerprint density at radius 1 is 1.22 bits per heavy atom. The molecule has 6 heteroatoms. The molecule has 1 aliphatic rings. The molecule has 1 atom stereocenters. The average Bonchev–Trinajstić information content (AvgIpc) is 2.35. The minimum atomic E-state index is -3.12. The van der Waals surface area contributed by atoms with Gasteiger partial charge in [0.15, 0.2) is 0 Å². The number of hydrogen-bond donors (Lipinski definition) is 2. The SMILES string of the molecule is CC(C)C(C)CNS(=O)(=O)CCN1CCNCC1. The Hall–Kier alpha value is -0.170. The van der Waals surface area contributed by atoms with Crippen LogP contribution in [0.15, 0.2) is 0 Å². The summed E-state index contributed by atoms with van der Waals surface area (Å²) in [6, 6.07) is 0. The van der Waals surface area contributed by atoms with E-state index in [-0.39, 0.29) is 5.75 Å². The first-order valence-corrected chi connectivity index (χ1v) is 8.46. The molecule has 0 bridgehead atoms. The van der Waals surface area contributed by atoms with Crippen LogP contribution >= 0.6 is 0 Å². The smallest absolute Gasteiger partial charge is 0.212 e. The van der Waals surface area contributed by atoms with E-state index < -0.39 is 10.0 Å². The molecule has 0 aromatic heterocycles. The van der Waals surface area contributed by atoms with E-state index in [2.05, 4.69) is 35.7 Å². The number of rotatable bonds is 7. The van der Waals surface area contributed by atoms with E-state index in [0.717, 1.165) is 26.2 Å². The van der Waals surface area contributed by atoms with Crippen LogP contribution in [0.1, 0.15) is 20.8 Å². The highest BCUT2D eigenvalue weighted by Crippen LogP contribution is 2.08. The Bertz CT molecular complexity index is 324. The predicted octanol–water partition coefficient (Wildman–Crippen LogP) is 0.103. The Kier molecular flexibility index (Phi) is 6.55. The molecule has 5 nitrogen and oxygen atoms in total. The summed E-state index contributed by atoms with van der Waals surface area (Å²) in [7, 11) is -3.12. The van der Waals surface area contributed by atoms with Crippen molar-refractivity contribution in [3.8, 4) is 0 Å². The number of nitrogens with one attached hydrogen (secondary N) is 2. The maximum Gasteiger partial charge on any atom is 0.212 e. The molecule has 1 aliphatic heterocycles. The first-order chi connectivity index (χ1) is 8.41. The summed E-state index contributed by atoms with van der Waals surface area (Å²) in [5.41, 5.74) is 0. The van der Waals surface area contributed by atoms with Crippen molar-refractivity contribution in [1.29, 1.82) is 0 Å². The zero-order valence-corrected chi connectivity index (χ0v) is 12.6. The molecule has 0 saturated carbocycles. The third-order valence-electron chi connectivity index (χ3n) is 3.65. The highest BCUT2D eigenvalue weighted by molar-refractivity contribution is 7.89. The molecule has 18 heavy (non-hydrogen) atoms. The van der Waals surface area contributed by atoms with E-state index in [9.17, 15) is 8.42 Å². The molecule has 108 valence electrons.